The van der Waals surface area contributed by atoms with Gasteiger partial charge in [-0.15, -0.1) is 0 Å². The van der Waals surface area contributed by atoms with Gasteiger partial charge in [-0.25, -0.2) is 0 Å². The van der Waals surface area contributed by atoms with Gasteiger partial charge < -0.3 is 14.8 Å². The summed E-state index contributed by atoms with van der Waals surface area (Å²) in [5.74, 6) is 0. The van der Waals surface area contributed by atoms with Crippen LogP contribution in [-0.2, 0) is 16.0 Å². The van der Waals surface area contributed by atoms with Crippen LogP contribution in [0.4, 0.5) is 0 Å². The molecule has 1 aromatic heterocycles. The number of methoxy groups -OCH3 is 2. The van der Waals surface area contributed by atoms with Gasteiger partial charge in [0.25, 0.3) is 0 Å². The van der Waals surface area contributed by atoms with Gasteiger partial charge in [0.05, 0.1) is 11.2 Å². The topological polar surface area (TPSA) is 43.4 Å². The lowest BCUT2D eigenvalue weighted by Crippen LogP contribution is -2.29. The fraction of sp³-hybridized carbons (Fsp3) is 0.357. The third-order valence-electron chi connectivity index (χ3n) is 2.80. The van der Waals surface area contributed by atoms with Crippen LogP contribution in [0.3, 0.4) is 0 Å². The third kappa shape index (κ3) is 3.26. The van der Waals surface area contributed by atoms with E-state index in [0.29, 0.717) is 13.1 Å². The molecule has 4 heteroatoms. The van der Waals surface area contributed by atoms with E-state index in [1.165, 1.54) is 0 Å². The molecule has 0 bridgehead atoms. The largest absolute Gasteiger partial charge is 0.355 e. The van der Waals surface area contributed by atoms with E-state index in [2.05, 4.69) is 22.4 Å². The molecule has 0 aliphatic carbocycles. The maximum absolute atomic E-state index is 5.10. The Labute approximate surface area is 107 Å². The minimum atomic E-state index is -0.217. The first-order chi connectivity index (χ1) is 8.83. The molecule has 2 rings (SSSR count). The van der Waals surface area contributed by atoms with Crippen LogP contribution in [0.1, 0.15) is 5.69 Å². The van der Waals surface area contributed by atoms with Gasteiger partial charge in [-0.2, -0.15) is 0 Å². The molecule has 4 nitrogen and oxygen atoms in total. The van der Waals surface area contributed by atoms with Gasteiger partial charge in [-0.1, -0.05) is 24.3 Å². The van der Waals surface area contributed by atoms with Crippen molar-refractivity contribution in [2.24, 2.45) is 0 Å². The highest BCUT2D eigenvalue weighted by Gasteiger charge is 2.04. The molecule has 1 heterocycles. The van der Waals surface area contributed by atoms with Crippen molar-refractivity contribution in [3.05, 3.63) is 42.1 Å². The molecule has 0 atom stereocenters. The summed E-state index contributed by atoms with van der Waals surface area (Å²) < 4.78 is 10.2. The SMILES string of the molecule is COC(CNCc1ccc2ccccc2n1)OC. The van der Waals surface area contributed by atoms with Crippen LogP contribution >= 0.6 is 0 Å². The van der Waals surface area contributed by atoms with Crippen LogP contribution in [0.25, 0.3) is 10.9 Å². The summed E-state index contributed by atoms with van der Waals surface area (Å²) in [4.78, 5) is 4.58. The number of hydrogen-bond donors (Lipinski definition) is 1. The van der Waals surface area contributed by atoms with Gasteiger partial charge in [-0.05, 0) is 12.1 Å². The molecule has 0 aliphatic rings. The number of fused-ring (bicyclic) bond motifs is 1. The fourth-order valence-electron chi connectivity index (χ4n) is 1.79. The summed E-state index contributed by atoms with van der Waals surface area (Å²) in [5, 5.41) is 4.42. The van der Waals surface area contributed by atoms with E-state index in [0.717, 1.165) is 16.6 Å². The minimum Gasteiger partial charge on any atom is -0.355 e. The third-order valence-corrected chi connectivity index (χ3v) is 2.80. The monoisotopic (exact) mass is 246 g/mol. The smallest absolute Gasteiger partial charge is 0.169 e. The highest BCUT2D eigenvalue weighted by molar-refractivity contribution is 5.78. The second-order valence-electron chi connectivity index (χ2n) is 4.03. The summed E-state index contributed by atoms with van der Waals surface area (Å²) in [5.41, 5.74) is 2.03. The quantitative estimate of drug-likeness (QED) is 0.791. The first-order valence-corrected chi connectivity index (χ1v) is 5.94. The molecule has 1 aromatic carbocycles. The second-order valence-corrected chi connectivity index (χ2v) is 4.03. The highest BCUT2D eigenvalue weighted by atomic mass is 16.7. The molecule has 0 amide bonds. The van der Waals surface area contributed by atoms with Crippen molar-refractivity contribution in [2.75, 3.05) is 20.8 Å². The summed E-state index contributed by atoms with van der Waals surface area (Å²) in [6.45, 7) is 1.34. The van der Waals surface area contributed by atoms with Crippen molar-refractivity contribution in [2.45, 2.75) is 12.8 Å². The van der Waals surface area contributed by atoms with E-state index in [1.807, 2.05) is 24.3 Å². The van der Waals surface area contributed by atoms with Gasteiger partial charge in [0.1, 0.15) is 0 Å². The summed E-state index contributed by atoms with van der Waals surface area (Å²) in [6, 6.07) is 12.2. The van der Waals surface area contributed by atoms with E-state index in [-0.39, 0.29) is 6.29 Å². The Bertz CT molecular complexity index is 498. The lowest BCUT2D eigenvalue weighted by Gasteiger charge is -2.13. The van der Waals surface area contributed by atoms with Crippen molar-refractivity contribution in [3.8, 4) is 0 Å². The van der Waals surface area contributed by atoms with Gasteiger partial charge >= 0.3 is 0 Å². The highest BCUT2D eigenvalue weighted by Crippen LogP contribution is 2.11. The van der Waals surface area contributed by atoms with Gasteiger partial charge in [-0.3, -0.25) is 4.98 Å². The Kier molecular flexibility index (Phi) is 4.64. The fourth-order valence-corrected chi connectivity index (χ4v) is 1.79. The van der Waals surface area contributed by atoms with Crippen molar-refractivity contribution in [3.63, 3.8) is 0 Å². The molecule has 0 saturated heterocycles. The van der Waals surface area contributed by atoms with E-state index in [4.69, 9.17) is 9.47 Å². The number of benzene rings is 1. The lowest BCUT2D eigenvalue weighted by atomic mass is 10.2. The number of nitrogens with one attached hydrogen (secondary N) is 1. The number of nitrogens with zero attached hydrogens (tertiary/aromatic N) is 1. The zero-order chi connectivity index (χ0) is 12.8. The Morgan fingerprint density at radius 2 is 1.89 bits per heavy atom. The molecular formula is C14H18N2O2. The predicted molar refractivity (Wildman–Crippen MR) is 71.3 cm³/mol. The van der Waals surface area contributed by atoms with E-state index in [9.17, 15) is 0 Å². The van der Waals surface area contributed by atoms with Gasteiger partial charge in [0.15, 0.2) is 6.29 Å². The van der Waals surface area contributed by atoms with Crippen molar-refractivity contribution >= 4 is 10.9 Å². The molecule has 18 heavy (non-hydrogen) atoms. The van der Waals surface area contributed by atoms with Gasteiger partial charge in [0.2, 0.25) is 0 Å². The maximum atomic E-state index is 5.10. The zero-order valence-corrected chi connectivity index (χ0v) is 10.7. The van der Waals surface area contributed by atoms with Crippen molar-refractivity contribution in [1.29, 1.82) is 0 Å². The van der Waals surface area contributed by atoms with Crippen molar-refractivity contribution in [1.82, 2.24) is 10.3 Å². The molecule has 96 valence electrons. The van der Waals surface area contributed by atoms with Crippen LogP contribution in [0, 0.1) is 0 Å². The number of para-hydroxylation sites is 1. The van der Waals surface area contributed by atoms with Crippen LogP contribution in [0.2, 0.25) is 0 Å². The van der Waals surface area contributed by atoms with Crippen molar-refractivity contribution < 1.29 is 9.47 Å². The summed E-state index contributed by atoms with van der Waals surface area (Å²) >= 11 is 0. The standard InChI is InChI=1S/C14H18N2O2/c1-17-14(18-2)10-15-9-12-8-7-11-5-3-4-6-13(11)16-12/h3-8,14-15H,9-10H2,1-2H3. The first-order valence-electron chi connectivity index (χ1n) is 5.94. The zero-order valence-electron chi connectivity index (χ0n) is 10.7. The molecule has 0 spiro atoms. The predicted octanol–water partition coefficient (Wildman–Crippen LogP) is 1.94. The van der Waals surface area contributed by atoms with Crippen LogP contribution in [-0.4, -0.2) is 32.0 Å². The maximum Gasteiger partial charge on any atom is 0.169 e. The van der Waals surface area contributed by atoms with E-state index in [1.54, 1.807) is 14.2 Å². The molecule has 0 radical (unpaired) electrons. The first kappa shape index (κ1) is 13.0. The number of ether oxygens (including phenoxy) is 2. The Hall–Kier alpha value is -1.49. The molecule has 2 aromatic rings. The van der Waals surface area contributed by atoms with Crippen LogP contribution in [0.15, 0.2) is 36.4 Å². The Morgan fingerprint density at radius 3 is 2.67 bits per heavy atom. The number of pyridine rings is 1. The molecular weight excluding hydrogens is 228 g/mol. The molecule has 0 unspecified atom stereocenters. The van der Waals surface area contributed by atoms with E-state index >= 15 is 0 Å². The normalized spacial score (nSPS) is 11.3. The van der Waals surface area contributed by atoms with E-state index < -0.39 is 0 Å². The average Bonchev–Trinajstić information content (AvgIpc) is 2.43. The Morgan fingerprint density at radius 1 is 1.11 bits per heavy atom. The second kappa shape index (κ2) is 6.44. The molecule has 0 saturated carbocycles. The molecule has 0 aliphatic heterocycles. The number of hydrogen-bond acceptors (Lipinski definition) is 4. The molecule has 1 N–H and O–H groups in total. The van der Waals surface area contributed by atoms with Crippen LogP contribution in [0.5, 0.6) is 0 Å². The van der Waals surface area contributed by atoms with Crippen LogP contribution < -0.4 is 5.32 Å². The number of aromatic nitrogens is 1. The average molecular weight is 246 g/mol. The summed E-state index contributed by atoms with van der Waals surface area (Å²) in [7, 11) is 3.26. The minimum absolute atomic E-state index is 0.217. The molecule has 0 fully saturated rings. The Balaban J connectivity index is 1.95. The lowest BCUT2D eigenvalue weighted by molar-refractivity contribution is -0.0989. The number of rotatable bonds is 6. The van der Waals surface area contributed by atoms with Gasteiger partial charge in [0, 0.05) is 32.7 Å². The summed E-state index contributed by atoms with van der Waals surface area (Å²) in [6.07, 6.45) is -0.217.